The number of halogens is 1. The molecular formula is C14H22BrN3O. The van der Waals surface area contributed by atoms with E-state index in [-0.39, 0.29) is 0 Å². The van der Waals surface area contributed by atoms with Crippen molar-refractivity contribution in [1.82, 2.24) is 9.97 Å². The minimum absolute atomic E-state index is 0.329. The topological polar surface area (TPSA) is 38.2 Å². The van der Waals surface area contributed by atoms with E-state index in [4.69, 9.17) is 4.74 Å². The van der Waals surface area contributed by atoms with E-state index in [2.05, 4.69) is 51.7 Å². The first-order valence-corrected chi connectivity index (χ1v) is 7.73. The third-order valence-corrected chi connectivity index (χ3v) is 3.76. The van der Waals surface area contributed by atoms with Crippen LogP contribution in [0.1, 0.15) is 44.9 Å². The van der Waals surface area contributed by atoms with E-state index in [9.17, 15) is 0 Å². The Hall–Kier alpha value is -0.680. The molecule has 1 aliphatic rings. The predicted molar refractivity (Wildman–Crippen MR) is 80.7 cm³/mol. The Balaban J connectivity index is 2.07. The number of likely N-dealkylation sites (N-methyl/N-ethyl adjacent to an activating group) is 1. The summed E-state index contributed by atoms with van der Waals surface area (Å²) in [6.07, 6.45) is 3.93. The minimum atomic E-state index is 0.329. The lowest BCUT2D eigenvalue weighted by atomic mass is 10.1. The molecule has 0 amide bonds. The maximum atomic E-state index is 5.78. The molecule has 0 spiro atoms. The first-order valence-electron chi connectivity index (χ1n) is 6.93. The van der Waals surface area contributed by atoms with Gasteiger partial charge in [-0.3, -0.25) is 0 Å². The van der Waals surface area contributed by atoms with Gasteiger partial charge in [0.25, 0.3) is 0 Å². The van der Waals surface area contributed by atoms with Crippen LogP contribution in [0.15, 0.2) is 10.7 Å². The van der Waals surface area contributed by atoms with Crippen molar-refractivity contribution in [2.45, 2.75) is 45.1 Å². The molecule has 0 bridgehead atoms. The molecule has 0 saturated carbocycles. The van der Waals surface area contributed by atoms with E-state index >= 15 is 0 Å². The van der Waals surface area contributed by atoms with Gasteiger partial charge in [-0.1, -0.05) is 13.8 Å². The minimum Gasteiger partial charge on any atom is -0.376 e. The fourth-order valence-electron chi connectivity index (χ4n) is 2.23. The molecular weight excluding hydrogens is 306 g/mol. The molecule has 0 aliphatic carbocycles. The molecule has 1 fully saturated rings. The zero-order valence-corrected chi connectivity index (χ0v) is 13.5. The highest BCUT2D eigenvalue weighted by Gasteiger charge is 2.17. The number of nitrogens with zero attached hydrogens (tertiary/aromatic N) is 3. The number of aromatic nitrogens is 2. The molecule has 1 unspecified atom stereocenters. The summed E-state index contributed by atoms with van der Waals surface area (Å²) in [7, 11) is 2.07. The quantitative estimate of drug-likeness (QED) is 0.795. The van der Waals surface area contributed by atoms with Crippen molar-refractivity contribution in [2.75, 3.05) is 25.1 Å². The fourth-order valence-corrected chi connectivity index (χ4v) is 2.61. The summed E-state index contributed by atoms with van der Waals surface area (Å²) in [6.45, 7) is 6.00. The van der Waals surface area contributed by atoms with Crippen LogP contribution in [-0.4, -0.2) is 36.3 Å². The van der Waals surface area contributed by atoms with Gasteiger partial charge < -0.3 is 9.64 Å². The fraction of sp³-hybridized carbons (Fsp3) is 0.714. The highest BCUT2D eigenvalue weighted by molar-refractivity contribution is 9.10. The Labute approximate surface area is 123 Å². The molecule has 0 N–H and O–H groups in total. The van der Waals surface area contributed by atoms with Crippen molar-refractivity contribution in [1.29, 1.82) is 0 Å². The van der Waals surface area contributed by atoms with Gasteiger partial charge >= 0.3 is 0 Å². The van der Waals surface area contributed by atoms with Crippen LogP contribution >= 0.6 is 15.9 Å². The second-order valence-corrected chi connectivity index (χ2v) is 6.24. The number of ether oxygens (including phenoxy) is 1. The van der Waals surface area contributed by atoms with Crippen molar-refractivity contribution in [3.8, 4) is 0 Å². The van der Waals surface area contributed by atoms with Crippen LogP contribution in [0.5, 0.6) is 0 Å². The van der Waals surface area contributed by atoms with Gasteiger partial charge in [0.2, 0.25) is 0 Å². The average Bonchev–Trinajstić information content (AvgIpc) is 2.39. The van der Waals surface area contributed by atoms with E-state index in [0.29, 0.717) is 12.0 Å². The monoisotopic (exact) mass is 327 g/mol. The number of hydrogen-bond acceptors (Lipinski definition) is 4. The standard InChI is InChI=1S/C14H22BrN3O/c1-10(2)14-16-12(15)8-13(17-14)18(3)9-11-6-4-5-7-19-11/h8,10-11H,4-7,9H2,1-3H3. The van der Waals surface area contributed by atoms with Crippen molar-refractivity contribution in [2.24, 2.45) is 0 Å². The van der Waals surface area contributed by atoms with Crippen molar-refractivity contribution < 1.29 is 4.74 Å². The summed E-state index contributed by atoms with van der Waals surface area (Å²) in [5.41, 5.74) is 0. The summed E-state index contributed by atoms with van der Waals surface area (Å²) < 4.78 is 6.63. The lowest BCUT2D eigenvalue weighted by Crippen LogP contribution is -2.34. The van der Waals surface area contributed by atoms with Gasteiger partial charge in [0.05, 0.1) is 6.10 Å². The molecule has 4 nitrogen and oxygen atoms in total. The molecule has 0 radical (unpaired) electrons. The molecule has 19 heavy (non-hydrogen) atoms. The Bertz CT molecular complexity index is 419. The van der Waals surface area contributed by atoms with Gasteiger partial charge in [-0.05, 0) is 35.2 Å². The van der Waals surface area contributed by atoms with Gasteiger partial charge in [0, 0.05) is 32.2 Å². The van der Waals surface area contributed by atoms with E-state index < -0.39 is 0 Å². The van der Waals surface area contributed by atoms with Gasteiger partial charge in [-0.15, -0.1) is 0 Å². The SMILES string of the molecule is CC(C)c1nc(Br)cc(N(C)CC2CCCCO2)n1. The second-order valence-electron chi connectivity index (χ2n) is 5.43. The summed E-state index contributed by atoms with van der Waals surface area (Å²) in [5, 5.41) is 0. The molecule has 1 atom stereocenters. The molecule has 1 aliphatic heterocycles. The first-order chi connectivity index (χ1) is 9.06. The molecule has 2 heterocycles. The van der Waals surface area contributed by atoms with Crippen LogP contribution in [0.4, 0.5) is 5.82 Å². The Morgan fingerprint density at radius 2 is 2.21 bits per heavy atom. The molecule has 1 aromatic rings. The zero-order valence-electron chi connectivity index (χ0n) is 11.9. The van der Waals surface area contributed by atoms with Crippen LogP contribution in [0.3, 0.4) is 0 Å². The third-order valence-electron chi connectivity index (χ3n) is 3.36. The highest BCUT2D eigenvalue weighted by atomic mass is 79.9. The van der Waals surface area contributed by atoms with E-state index in [1.54, 1.807) is 0 Å². The molecule has 2 rings (SSSR count). The zero-order chi connectivity index (χ0) is 13.8. The van der Waals surface area contributed by atoms with Crippen LogP contribution < -0.4 is 4.90 Å². The van der Waals surface area contributed by atoms with Crippen molar-refractivity contribution in [3.63, 3.8) is 0 Å². The number of rotatable bonds is 4. The normalized spacial score (nSPS) is 19.7. The Morgan fingerprint density at radius 1 is 1.42 bits per heavy atom. The molecule has 5 heteroatoms. The number of anilines is 1. The van der Waals surface area contributed by atoms with E-state index in [1.165, 1.54) is 12.8 Å². The second kappa shape index (κ2) is 6.66. The lowest BCUT2D eigenvalue weighted by molar-refractivity contribution is 0.0215. The Kier molecular flexibility index (Phi) is 5.16. The van der Waals surface area contributed by atoms with Crippen LogP contribution in [0, 0.1) is 0 Å². The number of hydrogen-bond donors (Lipinski definition) is 0. The van der Waals surface area contributed by atoms with Gasteiger partial charge in [-0.2, -0.15) is 0 Å². The molecule has 1 aromatic heterocycles. The summed E-state index contributed by atoms with van der Waals surface area (Å²) in [6, 6.07) is 1.97. The van der Waals surface area contributed by atoms with Gasteiger partial charge in [0.1, 0.15) is 16.2 Å². The van der Waals surface area contributed by atoms with Crippen molar-refractivity contribution >= 4 is 21.7 Å². The van der Waals surface area contributed by atoms with Crippen LogP contribution in [0.2, 0.25) is 0 Å². The Morgan fingerprint density at radius 3 is 2.84 bits per heavy atom. The summed E-state index contributed by atoms with van der Waals surface area (Å²) in [4.78, 5) is 11.2. The van der Waals surface area contributed by atoms with Crippen LogP contribution in [0.25, 0.3) is 0 Å². The van der Waals surface area contributed by atoms with Gasteiger partial charge in [0.15, 0.2) is 0 Å². The van der Waals surface area contributed by atoms with Gasteiger partial charge in [-0.25, -0.2) is 9.97 Å². The van der Waals surface area contributed by atoms with Crippen molar-refractivity contribution in [3.05, 3.63) is 16.5 Å². The highest BCUT2D eigenvalue weighted by Crippen LogP contribution is 2.21. The maximum absolute atomic E-state index is 5.78. The molecule has 0 aromatic carbocycles. The average molecular weight is 328 g/mol. The molecule has 106 valence electrons. The molecule has 1 saturated heterocycles. The summed E-state index contributed by atoms with van der Waals surface area (Å²) in [5.74, 6) is 2.16. The van der Waals surface area contributed by atoms with E-state index in [0.717, 1.165) is 35.8 Å². The van der Waals surface area contributed by atoms with Crippen LogP contribution in [-0.2, 0) is 4.74 Å². The third kappa shape index (κ3) is 4.14. The van der Waals surface area contributed by atoms with E-state index in [1.807, 2.05) is 6.07 Å². The lowest BCUT2D eigenvalue weighted by Gasteiger charge is -2.28. The largest absolute Gasteiger partial charge is 0.376 e. The smallest absolute Gasteiger partial charge is 0.134 e. The summed E-state index contributed by atoms with van der Waals surface area (Å²) >= 11 is 3.47. The predicted octanol–water partition coefficient (Wildman–Crippen LogP) is 3.37. The first kappa shape index (κ1) is 14.7. The maximum Gasteiger partial charge on any atom is 0.134 e.